The quantitative estimate of drug-likeness (QED) is 0.432. The number of fused-ring (bicyclic) bond motifs is 5. The van der Waals surface area contributed by atoms with Gasteiger partial charge in [0.15, 0.2) is 5.60 Å². The average molecular weight is 480 g/mol. The summed E-state index contributed by atoms with van der Waals surface area (Å²) in [5.41, 5.74) is 2.80. The van der Waals surface area contributed by atoms with Gasteiger partial charge in [0.05, 0.1) is 48.3 Å². The number of hydrogen-bond acceptors (Lipinski definition) is 7. The summed E-state index contributed by atoms with van der Waals surface area (Å²) in [6.07, 6.45) is 0.947. The Hall–Kier alpha value is -3.14. The predicted molar refractivity (Wildman–Crippen MR) is 123 cm³/mol. The highest BCUT2D eigenvalue weighted by Crippen LogP contribution is 2.46. The van der Waals surface area contributed by atoms with Gasteiger partial charge in [-0.15, -0.1) is 0 Å². The molecule has 0 radical (unpaired) electrons. The molecule has 3 aliphatic rings. The number of ether oxygens (including phenoxy) is 2. The van der Waals surface area contributed by atoms with Crippen molar-refractivity contribution in [3.8, 4) is 11.4 Å². The van der Waals surface area contributed by atoms with Gasteiger partial charge >= 0.3 is 5.97 Å². The number of rotatable bonds is 4. The highest BCUT2D eigenvalue weighted by molar-refractivity contribution is 5.93. The van der Waals surface area contributed by atoms with Gasteiger partial charge in [-0.2, -0.15) is 0 Å². The predicted octanol–water partition coefficient (Wildman–Crippen LogP) is 2.52. The summed E-state index contributed by atoms with van der Waals surface area (Å²) in [5, 5.41) is 21.3. The number of aromatic nitrogens is 2. The van der Waals surface area contributed by atoms with E-state index in [-0.39, 0.29) is 61.4 Å². The molecule has 0 saturated heterocycles. The van der Waals surface area contributed by atoms with E-state index in [1.54, 1.807) is 24.5 Å². The lowest BCUT2D eigenvalue weighted by atomic mass is 9.82. The number of carbonyl (C=O) groups excluding carboxylic acids is 1. The largest absolute Gasteiger partial charge is 0.458 e. The Balaban J connectivity index is 1.66. The molecule has 182 valence electrons. The third-order valence-electron chi connectivity index (χ3n) is 7.74. The van der Waals surface area contributed by atoms with Crippen LogP contribution in [0.25, 0.3) is 22.3 Å². The molecule has 4 heterocycles. The van der Waals surface area contributed by atoms with E-state index in [1.807, 2.05) is 0 Å². The van der Waals surface area contributed by atoms with E-state index in [0.29, 0.717) is 35.3 Å². The summed E-state index contributed by atoms with van der Waals surface area (Å²) in [5.74, 6) is -1.12. The van der Waals surface area contributed by atoms with Crippen molar-refractivity contribution in [2.45, 2.75) is 58.0 Å². The average Bonchev–Trinajstić information content (AvgIpc) is 3.22. The van der Waals surface area contributed by atoms with E-state index in [2.05, 4.69) is 0 Å². The fourth-order valence-corrected chi connectivity index (χ4v) is 5.87. The summed E-state index contributed by atoms with van der Waals surface area (Å²) >= 11 is 0. The molecule has 8 nitrogen and oxygen atoms in total. The second-order valence-corrected chi connectivity index (χ2v) is 9.43. The molecule has 1 aliphatic carbocycles. The summed E-state index contributed by atoms with van der Waals surface area (Å²) < 4.78 is 27.6. The Morgan fingerprint density at radius 3 is 2.83 bits per heavy atom. The monoisotopic (exact) mass is 480 g/mol. The second-order valence-electron chi connectivity index (χ2n) is 9.43. The van der Waals surface area contributed by atoms with Crippen molar-refractivity contribution < 1.29 is 28.9 Å². The first-order chi connectivity index (χ1) is 16.8. The normalized spacial score (nSPS) is 22.1. The molecule has 2 aliphatic heterocycles. The van der Waals surface area contributed by atoms with Gasteiger partial charge in [0.1, 0.15) is 12.4 Å². The van der Waals surface area contributed by atoms with E-state index in [9.17, 15) is 24.2 Å². The molecule has 0 unspecified atom stereocenters. The number of pyridine rings is 2. The second kappa shape index (κ2) is 7.68. The minimum absolute atomic E-state index is 0.0515. The number of hydrogen-bond donors (Lipinski definition) is 2. The third kappa shape index (κ3) is 2.92. The Morgan fingerprint density at radius 2 is 2.09 bits per heavy atom. The standard InChI is InChI=1S/C26H25FN2O6/c1-3-26(33)16-8-19-23-14(10-29(19)24(31)15(16)11-35-25(26)32)22-20(34-7-6-30)5-4-13-12(2)17(27)9-18(28-23)21(13)22/h8-9,20,30,33H,3-7,10-11H2,1-2H3/t20-,26+/m1/s1. The first-order valence-electron chi connectivity index (χ1n) is 11.8. The summed E-state index contributed by atoms with van der Waals surface area (Å²) in [6, 6.07) is 3.06. The first-order valence-corrected chi connectivity index (χ1v) is 11.8. The van der Waals surface area contributed by atoms with Gasteiger partial charge < -0.3 is 24.3 Å². The minimum Gasteiger partial charge on any atom is -0.458 e. The van der Waals surface area contributed by atoms with Gasteiger partial charge in [-0.3, -0.25) is 4.79 Å². The van der Waals surface area contributed by atoms with E-state index < -0.39 is 11.6 Å². The Kier molecular flexibility index (Phi) is 4.90. The molecule has 0 amide bonds. The van der Waals surface area contributed by atoms with Crippen LogP contribution in [0.4, 0.5) is 4.39 Å². The maximum atomic E-state index is 14.8. The molecule has 2 N–H and O–H groups in total. The molecule has 0 fully saturated rings. The van der Waals surface area contributed by atoms with Crippen LogP contribution >= 0.6 is 0 Å². The van der Waals surface area contributed by atoms with E-state index in [1.165, 1.54) is 6.07 Å². The Labute approximate surface area is 199 Å². The third-order valence-corrected chi connectivity index (χ3v) is 7.74. The molecule has 35 heavy (non-hydrogen) atoms. The molecule has 0 bridgehead atoms. The molecule has 2 aromatic heterocycles. The van der Waals surface area contributed by atoms with Crippen LogP contribution in [0.5, 0.6) is 0 Å². The minimum atomic E-state index is -1.92. The van der Waals surface area contributed by atoms with Gasteiger partial charge in [-0.25, -0.2) is 14.2 Å². The van der Waals surface area contributed by atoms with E-state index in [0.717, 1.165) is 22.1 Å². The van der Waals surface area contributed by atoms with Crippen molar-refractivity contribution in [3.05, 3.63) is 61.7 Å². The summed E-state index contributed by atoms with van der Waals surface area (Å²) in [7, 11) is 0. The molecular weight excluding hydrogens is 455 g/mol. The molecule has 9 heteroatoms. The lowest BCUT2D eigenvalue weighted by Gasteiger charge is -2.31. The number of benzene rings is 1. The van der Waals surface area contributed by atoms with Crippen LogP contribution in [0.2, 0.25) is 0 Å². The summed E-state index contributed by atoms with van der Waals surface area (Å²) in [4.78, 5) is 30.8. The number of halogens is 1. The highest BCUT2D eigenvalue weighted by atomic mass is 19.1. The molecular formula is C26H25FN2O6. The Bertz CT molecular complexity index is 1500. The van der Waals surface area contributed by atoms with Gasteiger partial charge in [0, 0.05) is 22.6 Å². The lowest BCUT2D eigenvalue weighted by Crippen LogP contribution is -2.44. The maximum absolute atomic E-state index is 14.8. The van der Waals surface area contributed by atoms with Crippen molar-refractivity contribution in [2.75, 3.05) is 13.2 Å². The van der Waals surface area contributed by atoms with Crippen molar-refractivity contribution in [3.63, 3.8) is 0 Å². The molecule has 0 spiro atoms. The van der Waals surface area contributed by atoms with Gasteiger partial charge in [0.2, 0.25) is 0 Å². The van der Waals surface area contributed by atoms with Crippen LogP contribution in [0.3, 0.4) is 0 Å². The van der Waals surface area contributed by atoms with Crippen LogP contribution in [0.1, 0.15) is 59.3 Å². The van der Waals surface area contributed by atoms with Gasteiger partial charge in [-0.1, -0.05) is 6.92 Å². The van der Waals surface area contributed by atoms with Crippen LogP contribution in [0, 0.1) is 12.7 Å². The molecule has 3 aromatic rings. The number of carbonyl (C=O) groups is 1. The molecule has 6 rings (SSSR count). The number of esters is 1. The van der Waals surface area contributed by atoms with E-state index in [4.69, 9.17) is 14.5 Å². The zero-order chi connectivity index (χ0) is 24.6. The zero-order valence-corrected chi connectivity index (χ0v) is 19.5. The van der Waals surface area contributed by atoms with Crippen molar-refractivity contribution in [2.24, 2.45) is 0 Å². The molecule has 1 aromatic carbocycles. The van der Waals surface area contributed by atoms with Crippen LogP contribution in [-0.2, 0) is 39.4 Å². The van der Waals surface area contributed by atoms with Crippen molar-refractivity contribution in [1.82, 2.24) is 9.55 Å². The van der Waals surface area contributed by atoms with Crippen LogP contribution in [0.15, 0.2) is 16.9 Å². The number of aliphatic hydroxyl groups excluding tert-OH is 1. The number of aryl methyl sites for hydroxylation is 1. The fraction of sp³-hybridized carbons (Fsp3) is 0.423. The van der Waals surface area contributed by atoms with Crippen molar-refractivity contribution >= 4 is 16.9 Å². The SMILES string of the molecule is CC[C@@]1(O)C(=O)OCc2c1cc1n(c2=O)Cc2c-1nc1cc(F)c(C)c3c1c2[C@H](OCCO)CC3. The fourth-order valence-electron chi connectivity index (χ4n) is 5.87. The van der Waals surface area contributed by atoms with Crippen LogP contribution < -0.4 is 5.56 Å². The zero-order valence-electron chi connectivity index (χ0n) is 19.5. The van der Waals surface area contributed by atoms with Gasteiger partial charge in [-0.05, 0) is 48.9 Å². The first kappa shape index (κ1) is 22.3. The van der Waals surface area contributed by atoms with E-state index >= 15 is 0 Å². The molecule has 0 saturated carbocycles. The highest BCUT2D eigenvalue weighted by Gasteiger charge is 2.46. The maximum Gasteiger partial charge on any atom is 0.343 e. The number of aliphatic hydroxyl groups is 2. The molecule has 2 atom stereocenters. The van der Waals surface area contributed by atoms with Crippen LogP contribution in [-0.4, -0.2) is 38.9 Å². The number of cyclic esters (lactones) is 1. The smallest absolute Gasteiger partial charge is 0.343 e. The topological polar surface area (TPSA) is 111 Å². The summed E-state index contributed by atoms with van der Waals surface area (Å²) in [6.45, 7) is 3.47. The van der Waals surface area contributed by atoms with Gasteiger partial charge in [0.25, 0.3) is 5.56 Å². The Morgan fingerprint density at radius 1 is 1.29 bits per heavy atom. The number of nitrogens with zero attached hydrogens (tertiary/aromatic N) is 2. The lowest BCUT2D eigenvalue weighted by molar-refractivity contribution is -0.172. The van der Waals surface area contributed by atoms with Crippen molar-refractivity contribution in [1.29, 1.82) is 0 Å².